The van der Waals surface area contributed by atoms with Crippen LogP contribution in [0.15, 0.2) is 48.5 Å². The van der Waals surface area contributed by atoms with E-state index in [0.717, 1.165) is 29.5 Å². The summed E-state index contributed by atoms with van der Waals surface area (Å²) in [5, 5.41) is 3.01. The number of hydrogen-bond donors (Lipinski definition) is 2. The molecule has 146 valence electrons. The lowest BCUT2D eigenvalue weighted by Gasteiger charge is -2.38. The van der Waals surface area contributed by atoms with Crippen LogP contribution in [0.1, 0.15) is 35.6 Å². The average molecular weight is 393 g/mol. The smallest absolute Gasteiger partial charge is 0.241 e. The summed E-state index contributed by atoms with van der Waals surface area (Å²) in [5.41, 5.74) is 8.80. The van der Waals surface area contributed by atoms with Gasteiger partial charge in [0.05, 0.1) is 0 Å². The summed E-state index contributed by atoms with van der Waals surface area (Å²) in [5.74, 6) is -0.469. The van der Waals surface area contributed by atoms with Crippen molar-refractivity contribution < 1.29 is 13.9 Å². The number of aryl methyl sites for hydroxylation is 1. The van der Waals surface area contributed by atoms with E-state index in [2.05, 4.69) is 5.32 Å². The Labute approximate surface area is 165 Å². The molecule has 27 heavy (non-hydrogen) atoms. The van der Waals surface area contributed by atoms with Crippen molar-refractivity contribution in [3.8, 4) is 0 Å². The standard InChI is InChI=1S/C21H25FN2O2.ClH/c1-15-2-4-16(5-3-15)19(23)20(25)24-14-21(10-12-26-13-11-21)17-6-8-18(22)9-7-17;/h2-9,19H,10-14,23H2,1H3,(H,24,25);1H. The third-order valence-corrected chi connectivity index (χ3v) is 5.23. The van der Waals surface area contributed by atoms with Gasteiger partial charge in [-0.1, -0.05) is 42.0 Å². The second-order valence-electron chi connectivity index (χ2n) is 7.01. The summed E-state index contributed by atoms with van der Waals surface area (Å²) >= 11 is 0. The van der Waals surface area contributed by atoms with Crippen LogP contribution in [0.2, 0.25) is 0 Å². The van der Waals surface area contributed by atoms with E-state index < -0.39 is 6.04 Å². The molecule has 0 radical (unpaired) electrons. The minimum Gasteiger partial charge on any atom is -0.381 e. The predicted octanol–water partition coefficient (Wildman–Crippen LogP) is 3.42. The highest BCUT2D eigenvalue weighted by molar-refractivity contribution is 5.85. The quantitative estimate of drug-likeness (QED) is 0.819. The first-order chi connectivity index (χ1) is 12.5. The molecule has 1 saturated heterocycles. The first-order valence-electron chi connectivity index (χ1n) is 8.94. The van der Waals surface area contributed by atoms with Gasteiger partial charge in [-0.2, -0.15) is 0 Å². The Bertz CT molecular complexity index is 744. The summed E-state index contributed by atoms with van der Waals surface area (Å²) in [6, 6.07) is 13.5. The van der Waals surface area contributed by atoms with Crippen LogP contribution in [0.25, 0.3) is 0 Å². The van der Waals surface area contributed by atoms with Crippen molar-refractivity contribution in [1.82, 2.24) is 5.32 Å². The van der Waals surface area contributed by atoms with E-state index in [4.69, 9.17) is 10.5 Å². The Balaban J connectivity index is 0.00000261. The van der Waals surface area contributed by atoms with Gasteiger partial charge < -0.3 is 15.8 Å². The summed E-state index contributed by atoms with van der Waals surface area (Å²) in [6.07, 6.45) is 1.55. The number of nitrogens with two attached hydrogens (primary N) is 1. The average Bonchev–Trinajstić information content (AvgIpc) is 2.67. The molecular formula is C21H26ClFN2O2. The second kappa shape index (κ2) is 9.31. The fourth-order valence-corrected chi connectivity index (χ4v) is 3.42. The molecule has 2 aromatic carbocycles. The molecule has 0 aliphatic carbocycles. The lowest BCUT2D eigenvalue weighted by molar-refractivity contribution is -0.123. The highest BCUT2D eigenvalue weighted by atomic mass is 35.5. The Morgan fingerprint density at radius 3 is 2.33 bits per heavy atom. The maximum absolute atomic E-state index is 13.3. The van der Waals surface area contributed by atoms with Gasteiger partial charge >= 0.3 is 0 Å². The van der Waals surface area contributed by atoms with Crippen LogP contribution in [-0.4, -0.2) is 25.7 Å². The molecule has 1 heterocycles. The fraction of sp³-hybridized carbons (Fsp3) is 0.381. The van der Waals surface area contributed by atoms with Crippen LogP contribution in [0.5, 0.6) is 0 Å². The molecule has 1 fully saturated rings. The van der Waals surface area contributed by atoms with E-state index in [-0.39, 0.29) is 29.5 Å². The second-order valence-corrected chi connectivity index (χ2v) is 7.01. The monoisotopic (exact) mass is 392 g/mol. The van der Waals surface area contributed by atoms with Crippen molar-refractivity contribution in [1.29, 1.82) is 0 Å². The molecule has 1 unspecified atom stereocenters. The summed E-state index contributed by atoms with van der Waals surface area (Å²) < 4.78 is 18.8. The zero-order chi connectivity index (χ0) is 18.6. The molecule has 1 atom stereocenters. The van der Waals surface area contributed by atoms with E-state index in [1.807, 2.05) is 31.2 Å². The van der Waals surface area contributed by atoms with Gasteiger partial charge in [0.15, 0.2) is 0 Å². The lowest BCUT2D eigenvalue weighted by Crippen LogP contribution is -2.46. The van der Waals surface area contributed by atoms with Crippen LogP contribution in [0.4, 0.5) is 4.39 Å². The first-order valence-corrected chi connectivity index (χ1v) is 8.94. The van der Waals surface area contributed by atoms with Crippen LogP contribution in [-0.2, 0) is 14.9 Å². The summed E-state index contributed by atoms with van der Waals surface area (Å²) in [4.78, 5) is 12.6. The van der Waals surface area contributed by atoms with Crippen LogP contribution in [0.3, 0.4) is 0 Å². The third-order valence-electron chi connectivity index (χ3n) is 5.23. The lowest BCUT2D eigenvalue weighted by atomic mass is 9.74. The molecule has 4 nitrogen and oxygen atoms in total. The highest BCUT2D eigenvalue weighted by Gasteiger charge is 2.35. The Kier molecular flexibility index (Phi) is 7.36. The number of amides is 1. The molecule has 2 aromatic rings. The molecule has 0 aromatic heterocycles. The maximum Gasteiger partial charge on any atom is 0.241 e. The molecule has 0 bridgehead atoms. The molecule has 3 rings (SSSR count). The van der Waals surface area contributed by atoms with E-state index in [1.165, 1.54) is 12.1 Å². The van der Waals surface area contributed by atoms with E-state index in [1.54, 1.807) is 12.1 Å². The largest absolute Gasteiger partial charge is 0.381 e. The van der Waals surface area contributed by atoms with Gasteiger partial charge in [0.2, 0.25) is 5.91 Å². The van der Waals surface area contributed by atoms with Crippen molar-refractivity contribution in [2.45, 2.75) is 31.2 Å². The van der Waals surface area contributed by atoms with Gasteiger partial charge in [0.25, 0.3) is 0 Å². The topological polar surface area (TPSA) is 64.4 Å². The van der Waals surface area contributed by atoms with Gasteiger partial charge in [-0.3, -0.25) is 4.79 Å². The molecule has 0 saturated carbocycles. The Hall–Kier alpha value is -1.95. The third kappa shape index (κ3) is 5.06. The fourth-order valence-electron chi connectivity index (χ4n) is 3.42. The number of rotatable bonds is 5. The van der Waals surface area contributed by atoms with Gasteiger partial charge in [0, 0.05) is 25.2 Å². The van der Waals surface area contributed by atoms with Gasteiger partial charge in [0.1, 0.15) is 11.9 Å². The zero-order valence-corrected chi connectivity index (χ0v) is 16.2. The van der Waals surface area contributed by atoms with Crippen molar-refractivity contribution in [2.75, 3.05) is 19.8 Å². The van der Waals surface area contributed by atoms with Crippen LogP contribution >= 0.6 is 12.4 Å². The summed E-state index contributed by atoms with van der Waals surface area (Å²) in [6.45, 7) is 3.70. The van der Waals surface area contributed by atoms with E-state index >= 15 is 0 Å². The summed E-state index contributed by atoms with van der Waals surface area (Å²) in [7, 11) is 0. The predicted molar refractivity (Wildman–Crippen MR) is 106 cm³/mol. The highest BCUT2D eigenvalue weighted by Crippen LogP contribution is 2.34. The number of nitrogens with one attached hydrogen (secondary N) is 1. The number of benzene rings is 2. The molecule has 1 amide bonds. The normalized spacial score (nSPS) is 16.9. The minimum atomic E-state index is -0.708. The first kappa shape index (κ1) is 21.4. The van der Waals surface area contributed by atoms with Crippen LogP contribution in [0, 0.1) is 12.7 Å². The van der Waals surface area contributed by atoms with Gasteiger partial charge in [-0.05, 0) is 43.0 Å². The molecule has 6 heteroatoms. The molecule has 3 N–H and O–H groups in total. The number of halogens is 2. The van der Waals surface area contributed by atoms with Gasteiger partial charge in [-0.25, -0.2) is 4.39 Å². The van der Waals surface area contributed by atoms with Crippen molar-refractivity contribution in [3.63, 3.8) is 0 Å². The molecule has 1 aliphatic heterocycles. The SMILES string of the molecule is Cc1ccc(C(N)C(=O)NCC2(c3ccc(F)cc3)CCOCC2)cc1.Cl. The molecular weight excluding hydrogens is 367 g/mol. The number of hydrogen-bond acceptors (Lipinski definition) is 3. The van der Waals surface area contributed by atoms with Gasteiger partial charge in [-0.15, -0.1) is 12.4 Å². The number of carbonyl (C=O) groups excluding carboxylic acids is 1. The number of ether oxygens (including phenoxy) is 1. The molecule has 0 spiro atoms. The minimum absolute atomic E-state index is 0. The van der Waals surface area contributed by atoms with Crippen molar-refractivity contribution in [3.05, 3.63) is 71.0 Å². The van der Waals surface area contributed by atoms with Crippen molar-refractivity contribution in [2.24, 2.45) is 5.73 Å². The maximum atomic E-state index is 13.3. The Morgan fingerprint density at radius 1 is 1.15 bits per heavy atom. The Morgan fingerprint density at radius 2 is 1.74 bits per heavy atom. The van der Waals surface area contributed by atoms with Crippen molar-refractivity contribution >= 4 is 18.3 Å². The zero-order valence-electron chi connectivity index (χ0n) is 15.4. The molecule has 1 aliphatic rings. The van der Waals surface area contributed by atoms with E-state index in [9.17, 15) is 9.18 Å². The number of carbonyl (C=O) groups is 1. The van der Waals surface area contributed by atoms with E-state index in [0.29, 0.717) is 19.8 Å². The van der Waals surface area contributed by atoms with Crippen LogP contribution < -0.4 is 11.1 Å².